The van der Waals surface area contributed by atoms with Gasteiger partial charge in [-0.1, -0.05) is 18.2 Å². The Morgan fingerprint density at radius 3 is 2.25 bits per heavy atom. The topological polar surface area (TPSA) is 3.24 Å². The summed E-state index contributed by atoms with van der Waals surface area (Å²) in [6, 6.07) is 4.60. The molecule has 111 valence electrons. The van der Waals surface area contributed by atoms with Crippen LogP contribution in [0, 0.1) is 6.42 Å². The quantitative estimate of drug-likeness (QED) is 0.757. The molecule has 2 rings (SSSR count). The molecular weight excluding hydrogens is 277 g/mol. The SMILES string of the molecule is FC(F)(F)C(F)(F)c1cccc(CN2CC[CH]CC2)c1. The van der Waals surface area contributed by atoms with Crippen molar-refractivity contribution in [2.45, 2.75) is 31.5 Å². The third-order valence-corrected chi connectivity index (χ3v) is 3.35. The van der Waals surface area contributed by atoms with Crippen LogP contribution in [0.15, 0.2) is 24.3 Å². The zero-order valence-corrected chi connectivity index (χ0v) is 10.8. The number of nitrogens with zero attached hydrogens (tertiary/aromatic N) is 1. The lowest BCUT2D eigenvalue weighted by Crippen LogP contribution is -2.34. The fourth-order valence-corrected chi connectivity index (χ4v) is 2.25. The molecule has 0 amide bonds. The summed E-state index contributed by atoms with van der Waals surface area (Å²) in [4.78, 5) is 2.05. The van der Waals surface area contributed by atoms with Crippen molar-refractivity contribution >= 4 is 0 Å². The fraction of sp³-hybridized carbons (Fsp3) is 0.500. The molecule has 1 nitrogen and oxygen atoms in total. The molecule has 1 aliphatic heterocycles. The second kappa shape index (κ2) is 5.68. The van der Waals surface area contributed by atoms with Crippen molar-refractivity contribution in [3.05, 3.63) is 41.8 Å². The van der Waals surface area contributed by atoms with E-state index in [1.165, 1.54) is 6.07 Å². The number of piperidine rings is 1. The number of rotatable bonds is 3. The van der Waals surface area contributed by atoms with Gasteiger partial charge in [-0.05, 0) is 44.0 Å². The Balaban J connectivity index is 2.15. The summed E-state index contributed by atoms with van der Waals surface area (Å²) >= 11 is 0. The van der Waals surface area contributed by atoms with E-state index in [4.69, 9.17) is 0 Å². The zero-order valence-electron chi connectivity index (χ0n) is 10.8. The van der Waals surface area contributed by atoms with E-state index in [1.807, 2.05) is 4.90 Å². The van der Waals surface area contributed by atoms with Gasteiger partial charge in [0, 0.05) is 12.1 Å². The van der Waals surface area contributed by atoms with Crippen molar-refractivity contribution in [2.75, 3.05) is 13.1 Å². The zero-order chi connectivity index (χ0) is 14.8. The lowest BCUT2D eigenvalue weighted by Gasteiger charge is -2.27. The molecule has 1 aromatic rings. The van der Waals surface area contributed by atoms with Gasteiger partial charge in [0.15, 0.2) is 0 Å². The molecule has 0 spiro atoms. The Bertz CT molecular complexity index is 449. The van der Waals surface area contributed by atoms with Gasteiger partial charge in [0.1, 0.15) is 0 Å². The summed E-state index contributed by atoms with van der Waals surface area (Å²) in [7, 11) is 0. The second-order valence-corrected chi connectivity index (χ2v) is 4.91. The van der Waals surface area contributed by atoms with Crippen LogP contribution in [0.4, 0.5) is 22.0 Å². The minimum atomic E-state index is -5.56. The average Bonchev–Trinajstić information content (AvgIpc) is 2.39. The molecule has 1 heterocycles. The van der Waals surface area contributed by atoms with Gasteiger partial charge in [0.05, 0.1) is 0 Å². The van der Waals surface area contributed by atoms with Crippen molar-refractivity contribution in [2.24, 2.45) is 0 Å². The van der Waals surface area contributed by atoms with Crippen LogP contribution in [-0.4, -0.2) is 24.2 Å². The molecule has 1 fully saturated rings. The van der Waals surface area contributed by atoms with Gasteiger partial charge in [-0.25, -0.2) is 0 Å². The van der Waals surface area contributed by atoms with Crippen LogP contribution in [0.5, 0.6) is 0 Å². The van der Waals surface area contributed by atoms with E-state index < -0.39 is 17.7 Å². The van der Waals surface area contributed by atoms with Crippen LogP contribution in [0.2, 0.25) is 0 Å². The summed E-state index contributed by atoms with van der Waals surface area (Å²) in [6.07, 6.45) is -1.59. The van der Waals surface area contributed by atoms with Crippen LogP contribution in [0.25, 0.3) is 0 Å². The van der Waals surface area contributed by atoms with Crippen molar-refractivity contribution in [3.8, 4) is 0 Å². The van der Waals surface area contributed by atoms with Crippen molar-refractivity contribution in [1.29, 1.82) is 0 Å². The lowest BCUT2D eigenvalue weighted by molar-refractivity contribution is -0.289. The van der Waals surface area contributed by atoms with Crippen LogP contribution in [-0.2, 0) is 12.5 Å². The molecule has 0 N–H and O–H groups in total. The summed E-state index contributed by atoms with van der Waals surface area (Å²) in [5, 5.41) is 0. The van der Waals surface area contributed by atoms with E-state index in [-0.39, 0.29) is 0 Å². The molecule has 0 aliphatic carbocycles. The van der Waals surface area contributed by atoms with Crippen molar-refractivity contribution in [1.82, 2.24) is 4.90 Å². The smallest absolute Gasteiger partial charge is 0.299 e. The van der Waals surface area contributed by atoms with Gasteiger partial charge in [-0.3, -0.25) is 4.90 Å². The summed E-state index contributed by atoms with van der Waals surface area (Å²) in [5.74, 6) is -4.81. The molecule has 0 unspecified atom stereocenters. The third-order valence-electron chi connectivity index (χ3n) is 3.35. The van der Waals surface area contributed by atoms with E-state index in [0.29, 0.717) is 12.1 Å². The standard InChI is InChI=1S/C14H15F5N/c15-13(16,14(17,18)19)12-6-4-5-11(9-12)10-20-7-2-1-3-8-20/h1,4-6,9H,2-3,7-8,10H2. The van der Waals surface area contributed by atoms with Crippen LogP contribution in [0.1, 0.15) is 24.0 Å². The number of benzene rings is 1. The maximum absolute atomic E-state index is 13.3. The average molecular weight is 292 g/mol. The van der Waals surface area contributed by atoms with Gasteiger partial charge in [0.25, 0.3) is 0 Å². The molecule has 1 radical (unpaired) electrons. The van der Waals surface area contributed by atoms with E-state index in [0.717, 1.165) is 38.1 Å². The van der Waals surface area contributed by atoms with E-state index in [1.54, 1.807) is 6.07 Å². The molecule has 1 aliphatic rings. The normalized spacial score (nSPS) is 18.2. The molecule has 0 bridgehead atoms. The number of alkyl halides is 5. The molecule has 1 aromatic carbocycles. The highest BCUT2D eigenvalue weighted by Gasteiger charge is 2.58. The van der Waals surface area contributed by atoms with Gasteiger partial charge in [-0.2, -0.15) is 22.0 Å². The fourth-order valence-electron chi connectivity index (χ4n) is 2.25. The molecular formula is C14H15F5N. The number of likely N-dealkylation sites (tertiary alicyclic amines) is 1. The monoisotopic (exact) mass is 292 g/mol. The molecule has 20 heavy (non-hydrogen) atoms. The minimum absolute atomic E-state index is 0.398. The van der Waals surface area contributed by atoms with E-state index in [9.17, 15) is 22.0 Å². The minimum Gasteiger partial charge on any atom is -0.299 e. The number of halogens is 5. The first-order chi connectivity index (χ1) is 9.30. The predicted molar refractivity (Wildman–Crippen MR) is 65.2 cm³/mol. The first-order valence-electron chi connectivity index (χ1n) is 6.39. The maximum Gasteiger partial charge on any atom is 0.458 e. The molecule has 0 atom stereocenters. The molecule has 1 saturated heterocycles. The van der Waals surface area contributed by atoms with Gasteiger partial charge >= 0.3 is 12.1 Å². The van der Waals surface area contributed by atoms with Crippen molar-refractivity contribution < 1.29 is 22.0 Å². The summed E-state index contributed by atoms with van der Waals surface area (Å²) in [5.41, 5.74) is -0.514. The Morgan fingerprint density at radius 1 is 1.00 bits per heavy atom. The highest BCUT2D eigenvalue weighted by molar-refractivity contribution is 5.28. The second-order valence-electron chi connectivity index (χ2n) is 4.91. The third kappa shape index (κ3) is 3.29. The predicted octanol–water partition coefficient (Wildman–Crippen LogP) is 4.14. The van der Waals surface area contributed by atoms with Gasteiger partial charge < -0.3 is 0 Å². The number of hydrogen-bond donors (Lipinski definition) is 0. The van der Waals surface area contributed by atoms with Crippen LogP contribution >= 0.6 is 0 Å². The van der Waals surface area contributed by atoms with E-state index >= 15 is 0 Å². The van der Waals surface area contributed by atoms with E-state index in [2.05, 4.69) is 6.42 Å². The summed E-state index contributed by atoms with van der Waals surface area (Å²) < 4.78 is 63.6. The Labute approximate surface area is 114 Å². The number of hydrogen-bond acceptors (Lipinski definition) is 1. The Hall–Kier alpha value is -1.17. The van der Waals surface area contributed by atoms with Crippen LogP contribution in [0.3, 0.4) is 0 Å². The molecule has 6 heteroatoms. The summed E-state index contributed by atoms with van der Waals surface area (Å²) in [6.45, 7) is 2.01. The highest BCUT2D eigenvalue weighted by Crippen LogP contribution is 2.43. The molecule has 0 saturated carbocycles. The maximum atomic E-state index is 13.3. The molecule has 0 aromatic heterocycles. The highest BCUT2D eigenvalue weighted by atomic mass is 19.4. The van der Waals surface area contributed by atoms with Gasteiger partial charge in [0.2, 0.25) is 0 Å². The largest absolute Gasteiger partial charge is 0.458 e. The first kappa shape index (κ1) is 15.2. The Morgan fingerprint density at radius 2 is 1.65 bits per heavy atom. The lowest BCUT2D eigenvalue weighted by atomic mass is 10.0. The van der Waals surface area contributed by atoms with Gasteiger partial charge in [-0.15, -0.1) is 0 Å². The Kier molecular flexibility index (Phi) is 4.32. The van der Waals surface area contributed by atoms with Crippen molar-refractivity contribution in [3.63, 3.8) is 0 Å². The van der Waals surface area contributed by atoms with Crippen LogP contribution < -0.4 is 0 Å². The first-order valence-corrected chi connectivity index (χ1v) is 6.39.